The fourth-order valence-electron chi connectivity index (χ4n) is 1.37. The highest BCUT2D eigenvalue weighted by Gasteiger charge is 2.30. The lowest BCUT2D eigenvalue weighted by molar-refractivity contribution is -0.137. The number of amides is 1. The Labute approximate surface area is 132 Å². The zero-order valence-corrected chi connectivity index (χ0v) is 12.6. The van der Waals surface area contributed by atoms with E-state index in [1.807, 2.05) is 0 Å². The third-order valence-electron chi connectivity index (χ3n) is 2.55. The van der Waals surface area contributed by atoms with E-state index in [1.165, 1.54) is 6.92 Å². The molecule has 1 aromatic rings. The summed E-state index contributed by atoms with van der Waals surface area (Å²) in [5.74, 6) is -0.218. The van der Waals surface area contributed by atoms with Crippen LogP contribution in [0.25, 0.3) is 0 Å². The van der Waals surface area contributed by atoms with Crippen LogP contribution in [-0.4, -0.2) is 36.3 Å². The molecule has 1 rings (SSSR count). The molecule has 9 heteroatoms. The van der Waals surface area contributed by atoms with Crippen LogP contribution in [0.4, 0.5) is 13.2 Å². The van der Waals surface area contributed by atoms with E-state index in [1.54, 1.807) is 0 Å². The second-order valence-corrected chi connectivity index (χ2v) is 4.52. The molecule has 2 atom stereocenters. The minimum atomic E-state index is -4.40. The Hall–Kier alpha value is -1.51. The van der Waals surface area contributed by atoms with E-state index in [-0.39, 0.29) is 31.3 Å². The molecular weight excluding hydrogens is 325 g/mol. The van der Waals surface area contributed by atoms with Gasteiger partial charge in [0.15, 0.2) is 0 Å². The molecule has 0 aliphatic rings. The Morgan fingerprint density at radius 1 is 1.36 bits per heavy atom. The third kappa shape index (κ3) is 6.97. The molecule has 0 spiro atoms. The fourth-order valence-corrected chi connectivity index (χ4v) is 1.37. The number of nitrogens with two attached hydrogens (primary N) is 1. The molecule has 0 aliphatic heterocycles. The molecule has 1 unspecified atom stereocenters. The summed E-state index contributed by atoms with van der Waals surface area (Å²) in [5.41, 5.74) is 4.54. The van der Waals surface area contributed by atoms with Gasteiger partial charge in [-0.2, -0.15) is 13.2 Å². The molecule has 0 heterocycles. The Morgan fingerprint density at radius 2 is 1.91 bits per heavy atom. The number of hydrogen-bond acceptors (Lipinski definition) is 4. The normalized spacial score (nSPS) is 13.7. The van der Waals surface area contributed by atoms with E-state index in [0.717, 1.165) is 24.3 Å². The first-order valence-corrected chi connectivity index (χ1v) is 6.21. The average molecular weight is 343 g/mol. The van der Waals surface area contributed by atoms with Gasteiger partial charge in [-0.1, -0.05) is 0 Å². The Balaban J connectivity index is 0.00000441. The van der Waals surface area contributed by atoms with Crippen LogP contribution in [0.3, 0.4) is 0 Å². The van der Waals surface area contributed by atoms with Crippen LogP contribution in [0.5, 0.6) is 5.75 Å². The van der Waals surface area contributed by atoms with Gasteiger partial charge in [-0.05, 0) is 31.2 Å². The summed E-state index contributed by atoms with van der Waals surface area (Å²) in [4.78, 5) is 11.2. The number of ether oxygens (including phenoxy) is 1. The molecule has 0 aromatic heterocycles. The summed E-state index contributed by atoms with van der Waals surface area (Å²) in [6.45, 7) is 1.28. The minimum absolute atomic E-state index is 0. The number of hydrogen-bond donors (Lipinski definition) is 3. The second-order valence-electron chi connectivity index (χ2n) is 4.52. The van der Waals surface area contributed by atoms with Crippen LogP contribution in [0, 0.1) is 0 Å². The zero-order chi connectivity index (χ0) is 16.0. The van der Waals surface area contributed by atoms with Crippen LogP contribution >= 0.6 is 12.4 Å². The number of aliphatic hydroxyl groups is 1. The minimum Gasteiger partial charge on any atom is -0.491 e. The summed E-state index contributed by atoms with van der Waals surface area (Å²) in [7, 11) is 0. The highest BCUT2D eigenvalue weighted by molar-refractivity contribution is 5.85. The molecule has 1 aromatic carbocycles. The first-order chi connectivity index (χ1) is 9.70. The Kier molecular flexibility index (Phi) is 8.21. The van der Waals surface area contributed by atoms with Crippen molar-refractivity contribution in [3.05, 3.63) is 29.8 Å². The molecule has 126 valence electrons. The van der Waals surface area contributed by atoms with Crippen molar-refractivity contribution in [2.45, 2.75) is 25.2 Å². The number of halogens is 4. The third-order valence-corrected chi connectivity index (χ3v) is 2.55. The number of alkyl halides is 3. The van der Waals surface area contributed by atoms with Gasteiger partial charge in [0.05, 0.1) is 11.6 Å². The molecule has 0 aliphatic carbocycles. The van der Waals surface area contributed by atoms with Crippen molar-refractivity contribution in [3.63, 3.8) is 0 Å². The van der Waals surface area contributed by atoms with E-state index in [9.17, 15) is 23.1 Å². The average Bonchev–Trinajstić information content (AvgIpc) is 2.41. The quantitative estimate of drug-likeness (QED) is 0.728. The van der Waals surface area contributed by atoms with Gasteiger partial charge < -0.3 is 20.9 Å². The van der Waals surface area contributed by atoms with E-state index in [4.69, 9.17) is 10.5 Å². The van der Waals surface area contributed by atoms with E-state index >= 15 is 0 Å². The van der Waals surface area contributed by atoms with Gasteiger partial charge >= 0.3 is 6.18 Å². The predicted octanol–water partition coefficient (Wildman–Crippen LogP) is 1.33. The van der Waals surface area contributed by atoms with Crippen LogP contribution in [-0.2, 0) is 11.0 Å². The number of rotatable bonds is 6. The van der Waals surface area contributed by atoms with Crippen LogP contribution in [0.2, 0.25) is 0 Å². The molecule has 1 amide bonds. The van der Waals surface area contributed by atoms with Crippen molar-refractivity contribution in [2.24, 2.45) is 5.73 Å². The van der Waals surface area contributed by atoms with Gasteiger partial charge in [0.25, 0.3) is 0 Å². The van der Waals surface area contributed by atoms with Crippen LogP contribution in [0.15, 0.2) is 24.3 Å². The van der Waals surface area contributed by atoms with Crippen molar-refractivity contribution in [1.29, 1.82) is 0 Å². The topological polar surface area (TPSA) is 84.6 Å². The van der Waals surface area contributed by atoms with Crippen molar-refractivity contribution >= 4 is 18.3 Å². The van der Waals surface area contributed by atoms with Gasteiger partial charge in [-0.25, -0.2) is 0 Å². The van der Waals surface area contributed by atoms with Gasteiger partial charge in [-0.3, -0.25) is 4.79 Å². The lowest BCUT2D eigenvalue weighted by Crippen LogP contribution is -2.42. The van der Waals surface area contributed by atoms with Crippen molar-refractivity contribution in [1.82, 2.24) is 5.32 Å². The summed E-state index contributed by atoms with van der Waals surface area (Å²) < 4.78 is 42.2. The van der Waals surface area contributed by atoms with Gasteiger partial charge in [0.1, 0.15) is 18.5 Å². The summed E-state index contributed by atoms with van der Waals surface area (Å²) >= 11 is 0. The standard InChI is InChI=1S/C13H17F3N2O3.ClH/c1-8(17)12(20)18-6-10(19)7-21-11-4-2-9(3-5-11)13(14,15)16;/h2-5,8,10,19H,6-7,17H2,1H3,(H,18,20);1H/t8-,10?;/m0./s1. The lowest BCUT2D eigenvalue weighted by atomic mass is 10.2. The monoisotopic (exact) mass is 342 g/mol. The van der Waals surface area contributed by atoms with Gasteiger partial charge in [-0.15, -0.1) is 12.4 Å². The second kappa shape index (κ2) is 8.82. The molecule has 0 radical (unpaired) electrons. The zero-order valence-electron chi connectivity index (χ0n) is 11.8. The number of carbonyl (C=O) groups is 1. The summed E-state index contributed by atoms with van der Waals surface area (Å²) in [6, 6.07) is 3.42. The number of carbonyl (C=O) groups excluding carboxylic acids is 1. The molecule has 22 heavy (non-hydrogen) atoms. The maximum Gasteiger partial charge on any atom is 0.416 e. The molecule has 4 N–H and O–H groups in total. The largest absolute Gasteiger partial charge is 0.491 e. The molecular formula is C13H18ClF3N2O3. The predicted molar refractivity (Wildman–Crippen MR) is 76.9 cm³/mol. The number of nitrogens with one attached hydrogen (secondary N) is 1. The number of benzene rings is 1. The SMILES string of the molecule is C[C@H](N)C(=O)NCC(O)COc1ccc(C(F)(F)F)cc1.Cl. The maximum absolute atomic E-state index is 12.3. The Morgan fingerprint density at radius 3 is 2.36 bits per heavy atom. The first kappa shape index (κ1) is 20.5. The van der Waals surface area contributed by atoms with Crippen molar-refractivity contribution in [2.75, 3.05) is 13.2 Å². The van der Waals surface area contributed by atoms with Crippen LogP contribution in [0.1, 0.15) is 12.5 Å². The van der Waals surface area contributed by atoms with Gasteiger partial charge in [0.2, 0.25) is 5.91 Å². The molecule has 0 saturated heterocycles. The summed E-state index contributed by atoms with van der Waals surface area (Å²) in [5, 5.41) is 12.0. The maximum atomic E-state index is 12.3. The highest BCUT2D eigenvalue weighted by Crippen LogP contribution is 2.30. The smallest absolute Gasteiger partial charge is 0.416 e. The summed E-state index contributed by atoms with van der Waals surface area (Å²) in [6.07, 6.45) is -5.39. The van der Waals surface area contributed by atoms with E-state index in [2.05, 4.69) is 5.32 Å². The lowest BCUT2D eigenvalue weighted by Gasteiger charge is -2.14. The van der Waals surface area contributed by atoms with E-state index in [0.29, 0.717) is 0 Å². The van der Waals surface area contributed by atoms with Crippen LogP contribution < -0.4 is 15.8 Å². The highest BCUT2D eigenvalue weighted by atomic mass is 35.5. The van der Waals surface area contributed by atoms with Crippen molar-refractivity contribution < 1.29 is 27.8 Å². The van der Waals surface area contributed by atoms with Crippen molar-refractivity contribution in [3.8, 4) is 5.75 Å². The fraction of sp³-hybridized carbons (Fsp3) is 0.462. The van der Waals surface area contributed by atoms with E-state index < -0.39 is 29.8 Å². The molecule has 0 bridgehead atoms. The molecule has 5 nitrogen and oxygen atoms in total. The first-order valence-electron chi connectivity index (χ1n) is 6.21. The molecule has 0 fully saturated rings. The Bertz CT molecular complexity index is 467. The molecule has 0 saturated carbocycles. The van der Waals surface area contributed by atoms with Gasteiger partial charge in [0, 0.05) is 6.54 Å². The number of aliphatic hydroxyl groups excluding tert-OH is 1.